The van der Waals surface area contributed by atoms with Crippen LogP contribution >= 0.6 is 15.9 Å². The van der Waals surface area contributed by atoms with Crippen LogP contribution in [0.25, 0.3) is 0 Å². The monoisotopic (exact) mass is 493 g/mol. The molecule has 2 aromatic rings. The van der Waals surface area contributed by atoms with Gasteiger partial charge in [0.05, 0.1) is 4.90 Å². The van der Waals surface area contributed by atoms with Crippen LogP contribution in [0.3, 0.4) is 0 Å². The predicted octanol–water partition coefficient (Wildman–Crippen LogP) is 3.15. The van der Waals surface area contributed by atoms with Gasteiger partial charge in [-0.25, -0.2) is 12.7 Å². The molecule has 1 aliphatic rings. The van der Waals surface area contributed by atoms with E-state index in [-0.39, 0.29) is 28.8 Å². The largest absolute Gasteiger partial charge is 0.348 e. The molecular weight excluding hydrogens is 470 g/mol. The number of nitrogens with zero attached hydrogens (tertiary/aromatic N) is 2. The van der Waals surface area contributed by atoms with Crippen molar-refractivity contribution >= 4 is 43.5 Å². The number of carbonyl (C=O) groups excluding carboxylic acids is 2. The molecule has 2 aromatic carbocycles. The molecule has 0 aliphatic carbocycles. The molecule has 0 unspecified atom stereocenters. The van der Waals surface area contributed by atoms with Gasteiger partial charge in [0.2, 0.25) is 15.9 Å². The van der Waals surface area contributed by atoms with Crippen molar-refractivity contribution in [1.82, 2.24) is 9.62 Å². The van der Waals surface area contributed by atoms with Gasteiger partial charge < -0.3 is 10.2 Å². The summed E-state index contributed by atoms with van der Waals surface area (Å²) in [4.78, 5) is 26.6. The summed E-state index contributed by atoms with van der Waals surface area (Å²) < 4.78 is 26.4. The Labute approximate surface area is 185 Å². The molecule has 1 saturated heterocycles. The number of hydrogen-bond donors (Lipinski definition) is 1. The maximum atomic E-state index is 12.6. The van der Waals surface area contributed by atoms with Crippen molar-refractivity contribution in [2.24, 2.45) is 0 Å². The first-order valence-electron chi connectivity index (χ1n) is 9.60. The number of anilines is 1. The summed E-state index contributed by atoms with van der Waals surface area (Å²) in [5, 5.41) is 2.82. The van der Waals surface area contributed by atoms with E-state index < -0.39 is 10.0 Å². The summed E-state index contributed by atoms with van der Waals surface area (Å²) in [6.45, 7) is 0.969. The fourth-order valence-electron chi connectivity index (χ4n) is 3.24. The van der Waals surface area contributed by atoms with Crippen LogP contribution in [0.15, 0.2) is 51.8 Å². The Bertz CT molecular complexity index is 1070. The SMILES string of the molecule is CN(C)S(=O)(=O)c1cc(C(=O)NCc2cccc(N3CCCCC3=O)c2)ccc1Br. The first-order valence-corrected chi connectivity index (χ1v) is 11.8. The molecule has 0 atom stereocenters. The molecule has 160 valence electrons. The Hall–Kier alpha value is -2.23. The van der Waals surface area contributed by atoms with E-state index >= 15 is 0 Å². The highest BCUT2D eigenvalue weighted by Gasteiger charge is 2.22. The minimum absolute atomic E-state index is 0.0331. The second-order valence-electron chi connectivity index (χ2n) is 7.29. The lowest BCUT2D eigenvalue weighted by Gasteiger charge is -2.27. The first kappa shape index (κ1) is 22.5. The van der Waals surface area contributed by atoms with Gasteiger partial charge in [0.1, 0.15) is 0 Å². The number of sulfonamides is 1. The fourth-order valence-corrected chi connectivity index (χ4v) is 5.08. The highest BCUT2D eigenvalue weighted by molar-refractivity contribution is 9.10. The summed E-state index contributed by atoms with van der Waals surface area (Å²) in [6.07, 6.45) is 2.46. The van der Waals surface area contributed by atoms with E-state index in [1.165, 1.54) is 20.2 Å². The molecule has 9 heteroatoms. The molecule has 3 rings (SSSR count). The molecule has 0 aromatic heterocycles. The van der Waals surface area contributed by atoms with E-state index in [0.717, 1.165) is 28.4 Å². The van der Waals surface area contributed by atoms with Gasteiger partial charge in [-0.2, -0.15) is 0 Å². The second kappa shape index (κ2) is 9.28. The average molecular weight is 494 g/mol. The van der Waals surface area contributed by atoms with Gasteiger partial charge >= 0.3 is 0 Å². The van der Waals surface area contributed by atoms with Crippen molar-refractivity contribution in [2.45, 2.75) is 30.7 Å². The standard InChI is InChI=1S/C21H24BrN3O4S/c1-24(2)30(28,29)19-13-16(9-10-18(19)22)21(27)23-14-15-6-5-7-17(12-15)25-11-4-3-8-20(25)26/h5-7,9-10,12-13H,3-4,8,11,14H2,1-2H3,(H,23,27). The van der Waals surface area contributed by atoms with Gasteiger partial charge in [-0.15, -0.1) is 0 Å². The van der Waals surface area contributed by atoms with E-state index in [1.807, 2.05) is 24.3 Å². The molecule has 30 heavy (non-hydrogen) atoms. The predicted molar refractivity (Wildman–Crippen MR) is 119 cm³/mol. The Morgan fingerprint density at radius 2 is 1.93 bits per heavy atom. The van der Waals surface area contributed by atoms with E-state index in [9.17, 15) is 18.0 Å². The van der Waals surface area contributed by atoms with Crippen LogP contribution < -0.4 is 10.2 Å². The minimum Gasteiger partial charge on any atom is -0.348 e. The molecule has 0 spiro atoms. The summed E-state index contributed by atoms with van der Waals surface area (Å²) in [5.74, 6) is -0.260. The number of amides is 2. The maximum absolute atomic E-state index is 12.6. The fraction of sp³-hybridized carbons (Fsp3) is 0.333. The normalized spacial score (nSPS) is 14.8. The lowest BCUT2D eigenvalue weighted by molar-refractivity contribution is -0.119. The van der Waals surface area contributed by atoms with Crippen molar-refractivity contribution in [3.8, 4) is 0 Å². The molecular formula is C21H24BrN3O4S. The van der Waals surface area contributed by atoms with Crippen molar-refractivity contribution in [3.05, 3.63) is 58.1 Å². The number of piperidine rings is 1. The molecule has 1 N–H and O–H groups in total. The lowest BCUT2D eigenvalue weighted by Crippen LogP contribution is -2.35. The van der Waals surface area contributed by atoms with Crippen molar-refractivity contribution in [3.63, 3.8) is 0 Å². The molecule has 1 fully saturated rings. The van der Waals surface area contributed by atoms with Crippen LogP contribution in [0, 0.1) is 0 Å². The molecule has 0 radical (unpaired) electrons. The van der Waals surface area contributed by atoms with E-state index in [0.29, 0.717) is 17.4 Å². The van der Waals surface area contributed by atoms with Crippen LogP contribution in [-0.2, 0) is 21.4 Å². The van der Waals surface area contributed by atoms with Crippen molar-refractivity contribution < 1.29 is 18.0 Å². The number of hydrogen-bond acceptors (Lipinski definition) is 4. The first-order chi connectivity index (χ1) is 14.2. The molecule has 1 heterocycles. The minimum atomic E-state index is -3.68. The third-order valence-electron chi connectivity index (χ3n) is 4.95. The van der Waals surface area contributed by atoms with Crippen LogP contribution in [0.2, 0.25) is 0 Å². The van der Waals surface area contributed by atoms with Crippen LogP contribution in [0.5, 0.6) is 0 Å². The maximum Gasteiger partial charge on any atom is 0.251 e. The second-order valence-corrected chi connectivity index (χ2v) is 10.3. The zero-order valence-electron chi connectivity index (χ0n) is 16.9. The Balaban J connectivity index is 1.74. The molecule has 1 aliphatic heterocycles. The van der Waals surface area contributed by atoms with Gasteiger partial charge in [0.15, 0.2) is 0 Å². The van der Waals surface area contributed by atoms with Gasteiger partial charge in [0.25, 0.3) is 5.91 Å². The lowest BCUT2D eigenvalue weighted by atomic mass is 10.1. The molecule has 2 amide bonds. The quantitative estimate of drug-likeness (QED) is 0.669. The van der Waals surface area contributed by atoms with Crippen molar-refractivity contribution in [2.75, 3.05) is 25.5 Å². The highest BCUT2D eigenvalue weighted by atomic mass is 79.9. The van der Waals surface area contributed by atoms with E-state index in [2.05, 4.69) is 21.2 Å². The molecule has 7 nitrogen and oxygen atoms in total. The van der Waals surface area contributed by atoms with Gasteiger partial charge in [-0.1, -0.05) is 12.1 Å². The van der Waals surface area contributed by atoms with Crippen LogP contribution in [-0.4, -0.2) is 45.2 Å². The zero-order valence-corrected chi connectivity index (χ0v) is 19.3. The van der Waals surface area contributed by atoms with Crippen LogP contribution in [0.4, 0.5) is 5.69 Å². The number of halogens is 1. The average Bonchev–Trinajstić information content (AvgIpc) is 2.72. The van der Waals surface area contributed by atoms with E-state index in [4.69, 9.17) is 0 Å². The Morgan fingerprint density at radius 1 is 1.17 bits per heavy atom. The number of nitrogens with one attached hydrogen (secondary N) is 1. The highest BCUT2D eigenvalue weighted by Crippen LogP contribution is 2.25. The van der Waals surface area contributed by atoms with E-state index in [1.54, 1.807) is 17.0 Å². The number of rotatable bonds is 6. The van der Waals surface area contributed by atoms with Crippen LogP contribution in [0.1, 0.15) is 35.2 Å². The molecule has 0 saturated carbocycles. The smallest absolute Gasteiger partial charge is 0.251 e. The van der Waals surface area contributed by atoms with Gasteiger partial charge in [0, 0.05) is 49.3 Å². The topological polar surface area (TPSA) is 86.8 Å². The summed E-state index contributed by atoms with van der Waals surface area (Å²) in [6, 6.07) is 12.0. The van der Waals surface area contributed by atoms with Gasteiger partial charge in [-0.3, -0.25) is 9.59 Å². The number of benzene rings is 2. The Kier molecular flexibility index (Phi) is 6.95. The number of carbonyl (C=O) groups is 2. The van der Waals surface area contributed by atoms with Crippen molar-refractivity contribution in [1.29, 1.82) is 0 Å². The Morgan fingerprint density at radius 3 is 2.63 bits per heavy atom. The summed E-state index contributed by atoms with van der Waals surface area (Å²) >= 11 is 3.24. The zero-order chi connectivity index (χ0) is 21.9. The summed E-state index contributed by atoms with van der Waals surface area (Å²) in [7, 11) is -0.807. The molecule has 0 bridgehead atoms. The summed E-state index contributed by atoms with van der Waals surface area (Å²) in [5.41, 5.74) is 1.94. The third-order valence-corrected chi connectivity index (χ3v) is 7.76. The van der Waals surface area contributed by atoms with Gasteiger partial charge in [-0.05, 0) is 64.7 Å². The third kappa shape index (κ3) is 4.91.